The van der Waals surface area contributed by atoms with Crippen LogP contribution in [0.1, 0.15) is 23.7 Å². The molecule has 1 unspecified atom stereocenters. The summed E-state index contributed by atoms with van der Waals surface area (Å²) in [4.78, 5) is 16.7. The van der Waals surface area contributed by atoms with E-state index in [1.807, 2.05) is 13.0 Å². The van der Waals surface area contributed by atoms with Crippen molar-refractivity contribution in [1.82, 2.24) is 9.71 Å². The Kier molecular flexibility index (Phi) is 5.72. The van der Waals surface area contributed by atoms with Gasteiger partial charge in [0.25, 0.3) is 10.0 Å². The third kappa shape index (κ3) is 4.80. The van der Waals surface area contributed by atoms with Crippen LogP contribution in [0.15, 0.2) is 82.0 Å². The summed E-state index contributed by atoms with van der Waals surface area (Å²) in [6.45, 7) is 1.94. The molecule has 3 rings (SSSR count). The molecular formula is C20H20N2O5S2. The Bertz CT molecular complexity index is 1200. The number of sulfone groups is 1. The van der Waals surface area contributed by atoms with Gasteiger partial charge in [0.2, 0.25) is 0 Å². The first-order chi connectivity index (χ1) is 13.6. The highest BCUT2D eigenvalue weighted by Gasteiger charge is 2.25. The normalized spacial score (nSPS) is 17.2. The van der Waals surface area contributed by atoms with E-state index >= 15 is 0 Å². The summed E-state index contributed by atoms with van der Waals surface area (Å²) >= 11 is 0. The molecule has 0 saturated heterocycles. The number of hydrogen-bond donors (Lipinski definition) is 1. The molecule has 29 heavy (non-hydrogen) atoms. The lowest BCUT2D eigenvalue weighted by molar-refractivity contribution is 0.102. The van der Waals surface area contributed by atoms with Crippen molar-refractivity contribution in [3.63, 3.8) is 0 Å². The molecule has 1 atom stereocenters. The molecule has 0 radical (unpaired) electrons. The van der Waals surface area contributed by atoms with E-state index in [-0.39, 0.29) is 27.2 Å². The highest BCUT2D eigenvalue weighted by molar-refractivity contribution is 7.90. The average molecular weight is 433 g/mol. The zero-order valence-electron chi connectivity index (χ0n) is 15.9. The van der Waals surface area contributed by atoms with Gasteiger partial charge in [-0.15, -0.1) is 0 Å². The summed E-state index contributed by atoms with van der Waals surface area (Å²) in [7, 11) is -7.44. The third-order valence-electron chi connectivity index (χ3n) is 4.47. The largest absolute Gasteiger partial charge is 0.289 e. The van der Waals surface area contributed by atoms with E-state index in [1.165, 1.54) is 36.7 Å². The SMILES string of the molecule is CC1C=CC(NS(=O)(=O)c2ccc(S(C)(=O)=O)cc2)=C(C(=O)c2ccncc2)C1. The fourth-order valence-corrected chi connectivity index (χ4v) is 4.64. The molecule has 0 amide bonds. The molecule has 1 aliphatic carbocycles. The number of carbonyl (C=O) groups is 1. The van der Waals surface area contributed by atoms with Crippen LogP contribution in [-0.4, -0.2) is 33.9 Å². The predicted octanol–water partition coefficient (Wildman–Crippen LogP) is 2.50. The number of pyridine rings is 1. The van der Waals surface area contributed by atoms with Gasteiger partial charge in [-0.2, -0.15) is 0 Å². The molecule has 0 bridgehead atoms. The van der Waals surface area contributed by atoms with E-state index < -0.39 is 19.9 Å². The number of allylic oxidation sites excluding steroid dienone is 3. The molecule has 0 aliphatic heterocycles. The Labute approximate surface area is 170 Å². The number of aromatic nitrogens is 1. The maximum Gasteiger partial charge on any atom is 0.261 e. The van der Waals surface area contributed by atoms with Crippen molar-refractivity contribution in [3.8, 4) is 0 Å². The second-order valence-corrected chi connectivity index (χ2v) is 10.5. The Morgan fingerprint density at radius 2 is 1.59 bits per heavy atom. The van der Waals surface area contributed by atoms with E-state index in [4.69, 9.17) is 0 Å². The van der Waals surface area contributed by atoms with E-state index in [0.717, 1.165) is 6.26 Å². The minimum absolute atomic E-state index is 0.0237. The zero-order valence-corrected chi connectivity index (χ0v) is 17.5. The molecule has 1 aliphatic rings. The highest BCUT2D eigenvalue weighted by atomic mass is 32.2. The smallest absolute Gasteiger partial charge is 0.261 e. The van der Waals surface area contributed by atoms with Crippen LogP contribution < -0.4 is 4.72 Å². The number of nitrogens with one attached hydrogen (secondary N) is 1. The van der Waals surface area contributed by atoms with Gasteiger partial charge in [-0.25, -0.2) is 16.8 Å². The fourth-order valence-electron chi connectivity index (χ4n) is 2.92. The second-order valence-electron chi connectivity index (χ2n) is 6.85. The number of sulfonamides is 1. The van der Waals surface area contributed by atoms with Gasteiger partial charge in [-0.05, 0) is 54.8 Å². The van der Waals surface area contributed by atoms with Crippen molar-refractivity contribution in [2.75, 3.05) is 6.26 Å². The van der Waals surface area contributed by atoms with Crippen molar-refractivity contribution in [2.45, 2.75) is 23.1 Å². The van der Waals surface area contributed by atoms with Crippen molar-refractivity contribution in [1.29, 1.82) is 0 Å². The van der Waals surface area contributed by atoms with Gasteiger partial charge < -0.3 is 0 Å². The van der Waals surface area contributed by atoms with Crippen LogP contribution in [-0.2, 0) is 19.9 Å². The number of Topliss-reactive ketones (excluding diaryl/α,β-unsaturated/α-hetero) is 1. The molecule has 1 N–H and O–H groups in total. The van der Waals surface area contributed by atoms with Crippen LogP contribution in [0.5, 0.6) is 0 Å². The number of nitrogens with zero attached hydrogens (tertiary/aromatic N) is 1. The summed E-state index contributed by atoms with van der Waals surface area (Å²) in [5.74, 6) is -0.188. The minimum Gasteiger partial charge on any atom is -0.289 e. The van der Waals surface area contributed by atoms with Crippen molar-refractivity contribution < 1.29 is 21.6 Å². The summed E-state index contributed by atoms with van der Waals surface area (Å²) in [6.07, 6.45) is 7.86. The van der Waals surface area contributed by atoms with Gasteiger partial charge in [0.1, 0.15) is 0 Å². The van der Waals surface area contributed by atoms with E-state index in [1.54, 1.807) is 18.2 Å². The van der Waals surface area contributed by atoms with Crippen LogP contribution in [0.3, 0.4) is 0 Å². The van der Waals surface area contributed by atoms with Crippen LogP contribution in [0.2, 0.25) is 0 Å². The molecule has 0 saturated carbocycles. The molecular weight excluding hydrogens is 412 g/mol. The number of benzene rings is 1. The van der Waals surface area contributed by atoms with Gasteiger partial charge in [-0.3, -0.25) is 14.5 Å². The Morgan fingerprint density at radius 3 is 2.17 bits per heavy atom. The highest BCUT2D eigenvalue weighted by Crippen LogP contribution is 2.26. The van der Waals surface area contributed by atoms with Gasteiger partial charge in [0.05, 0.1) is 15.5 Å². The Morgan fingerprint density at radius 1 is 1.00 bits per heavy atom. The molecule has 7 nitrogen and oxygen atoms in total. The lowest BCUT2D eigenvalue weighted by Gasteiger charge is -2.20. The molecule has 1 heterocycles. The van der Waals surface area contributed by atoms with Crippen LogP contribution in [0.4, 0.5) is 0 Å². The molecule has 1 aromatic heterocycles. The van der Waals surface area contributed by atoms with Crippen molar-refractivity contribution in [2.24, 2.45) is 5.92 Å². The standard InChI is InChI=1S/C20H20N2O5S2/c1-14-3-8-19(18(13-14)20(23)15-9-11-21-12-10-15)22-29(26,27)17-6-4-16(5-7-17)28(2,24)25/h3-12,14,22H,13H2,1-2H3. The summed E-state index contributed by atoms with van der Waals surface area (Å²) in [5.41, 5.74) is 0.992. The van der Waals surface area contributed by atoms with Crippen LogP contribution in [0, 0.1) is 5.92 Å². The lowest BCUT2D eigenvalue weighted by Crippen LogP contribution is -2.27. The quantitative estimate of drug-likeness (QED) is 0.702. The maximum atomic E-state index is 12.9. The average Bonchev–Trinajstić information content (AvgIpc) is 2.69. The topological polar surface area (TPSA) is 110 Å². The Hall–Kier alpha value is -2.78. The van der Waals surface area contributed by atoms with Crippen LogP contribution >= 0.6 is 0 Å². The van der Waals surface area contributed by atoms with Crippen LogP contribution in [0.25, 0.3) is 0 Å². The molecule has 0 spiro atoms. The molecule has 0 fully saturated rings. The number of hydrogen-bond acceptors (Lipinski definition) is 6. The predicted molar refractivity (Wildman–Crippen MR) is 108 cm³/mol. The molecule has 152 valence electrons. The first-order valence-corrected chi connectivity index (χ1v) is 12.1. The number of carbonyl (C=O) groups excluding carboxylic acids is 1. The number of rotatable bonds is 6. The number of ketones is 1. The lowest BCUT2D eigenvalue weighted by atomic mass is 9.89. The maximum absolute atomic E-state index is 12.9. The van der Waals surface area contributed by atoms with Gasteiger partial charge >= 0.3 is 0 Å². The first-order valence-electron chi connectivity index (χ1n) is 8.77. The third-order valence-corrected chi connectivity index (χ3v) is 6.98. The molecule has 1 aromatic carbocycles. The zero-order chi connectivity index (χ0) is 21.2. The second kappa shape index (κ2) is 7.92. The Balaban J connectivity index is 1.96. The fraction of sp³-hybridized carbons (Fsp3) is 0.200. The van der Waals surface area contributed by atoms with Gasteiger partial charge in [-0.1, -0.05) is 13.0 Å². The van der Waals surface area contributed by atoms with E-state index in [2.05, 4.69) is 9.71 Å². The molecule has 9 heteroatoms. The van der Waals surface area contributed by atoms with E-state index in [9.17, 15) is 21.6 Å². The minimum atomic E-state index is -4.01. The monoisotopic (exact) mass is 432 g/mol. The van der Waals surface area contributed by atoms with Crippen molar-refractivity contribution in [3.05, 3.63) is 77.8 Å². The van der Waals surface area contributed by atoms with Crippen molar-refractivity contribution >= 4 is 25.6 Å². The first kappa shape index (κ1) is 20.9. The molecule has 2 aromatic rings. The summed E-state index contributed by atoms with van der Waals surface area (Å²) < 4.78 is 51.2. The van der Waals surface area contributed by atoms with Gasteiger partial charge in [0, 0.05) is 29.8 Å². The van der Waals surface area contributed by atoms with Gasteiger partial charge in [0.15, 0.2) is 15.6 Å². The summed E-state index contributed by atoms with van der Waals surface area (Å²) in [6, 6.07) is 8.07. The summed E-state index contributed by atoms with van der Waals surface area (Å²) in [5, 5.41) is 0. The van der Waals surface area contributed by atoms with E-state index in [0.29, 0.717) is 17.6 Å².